The maximum atomic E-state index is 13.4. The molecule has 2 atom stereocenters. The Morgan fingerprint density at radius 3 is 2.86 bits per heavy atom. The van der Waals surface area contributed by atoms with E-state index in [9.17, 15) is 9.18 Å². The second-order valence-corrected chi connectivity index (χ2v) is 5.71. The van der Waals surface area contributed by atoms with Crippen LogP contribution < -0.4 is 10.1 Å². The van der Waals surface area contributed by atoms with Crippen molar-refractivity contribution in [3.63, 3.8) is 0 Å². The molecular formula is C16H22ClFN2O2. The van der Waals surface area contributed by atoms with Crippen molar-refractivity contribution < 1.29 is 13.9 Å². The molecule has 122 valence electrons. The number of benzene rings is 1. The highest BCUT2D eigenvalue weighted by atomic mass is 35.5. The molecule has 1 aromatic carbocycles. The SMILES string of the molecule is Cl.O=C(CCOc1ccccc1F)N1C2CCNCC1CC2. The lowest BCUT2D eigenvalue weighted by Crippen LogP contribution is -2.42. The van der Waals surface area contributed by atoms with Gasteiger partial charge in [0.05, 0.1) is 13.0 Å². The number of ether oxygens (including phenoxy) is 1. The molecule has 1 N–H and O–H groups in total. The highest BCUT2D eigenvalue weighted by molar-refractivity contribution is 5.85. The van der Waals surface area contributed by atoms with Crippen molar-refractivity contribution in [1.29, 1.82) is 0 Å². The van der Waals surface area contributed by atoms with E-state index < -0.39 is 0 Å². The van der Waals surface area contributed by atoms with Crippen molar-refractivity contribution in [1.82, 2.24) is 10.2 Å². The lowest BCUT2D eigenvalue weighted by atomic mass is 10.1. The van der Waals surface area contributed by atoms with E-state index in [1.807, 2.05) is 4.90 Å². The molecule has 3 rings (SSSR count). The summed E-state index contributed by atoms with van der Waals surface area (Å²) in [5, 5.41) is 3.38. The number of fused-ring (bicyclic) bond motifs is 2. The number of amides is 1. The minimum absolute atomic E-state index is 0. The van der Waals surface area contributed by atoms with Crippen LogP contribution in [0.2, 0.25) is 0 Å². The average Bonchev–Trinajstić information content (AvgIpc) is 2.74. The zero-order valence-electron chi connectivity index (χ0n) is 12.5. The molecule has 0 saturated carbocycles. The molecule has 2 fully saturated rings. The summed E-state index contributed by atoms with van der Waals surface area (Å²) in [5.41, 5.74) is 0. The van der Waals surface area contributed by atoms with Crippen LogP contribution in [-0.4, -0.2) is 42.6 Å². The Hall–Kier alpha value is -1.33. The molecule has 1 aromatic rings. The van der Waals surface area contributed by atoms with Gasteiger partial charge in [-0.3, -0.25) is 4.79 Å². The normalized spacial score (nSPS) is 23.6. The van der Waals surface area contributed by atoms with Gasteiger partial charge in [0, 0.05) is 18.6 Å². The van der Waals surface area contributed by atoms with E-state index in [1.165, 1.54) is 6.07 Å². The van der Waals surface area contributed by atoms with Crippen LogP contribution in [0.5, 0.6) is 5.75 Å². The van der Waals surface area contributed by atoms with Gasteiger partial charge in [-0.05, 0) is 37.9 Å². The van der Waals surface area contributed by atoms with Gasteiger partial charge in [0.1, 0.15) is 0 Å². The van der Waals surface area contributed by atoms with Crippen molar-refractivity contribution in [2.24, 2.45) is 0 Å². The van der Waals surface area contributed by atoms with Crippen molar-refractivity contribution in [2.45, 2.75) is 37.8 Å². The van der Waals surface area contributed by atoms with Crippen LogP contribution in [0.1, 0.15) is 25.7 Å². The van der Waals surface area contributed by atoms with Gasteiger partial charge in [-0.1, -0.05) is 12.1 Å². The first-order valence-corrected chi connectivity index (χ1v) is 7.65. The van der Waals surface area contributed by atoms with Crippen LogP contribution >= 0.6 is 12.4 Å². The molecule has 2 aliphatic rings. The first-order chi connectivity index (χ1) is 10.3. The van der Waals surface area contributed by atoms with Crippen LogP contribution in [0.15, 0.2) is 24.3 Å². The number of hydrogen-bond acceptors (Lipinski definition) is 3. The number of carbonyl (C=O) groups is 1. The van der Waals surface area contributed by atoms with Gasteiger partial charge in [0.25, 0.3) is 0 Å². The topological polar surface area (TPSA) is 41.6 Å². The van der Waals surface area contributed by atoms with E-state index in [-0.39, 0.29) is 36.5 Å². The lowest BCUT2D eigenvalue weighted by molar-refractivity contribution is -0.134. The first kappa shape index (κ1) is 17.0. The number of carbonyl (C=O) groups excluding carboxylic acids is 1. The Kier molecular flexibility index (Phi) is 6.03. The Labute approximate surface area is 136 Å². The molecule has 6 heteroatoms. The van der Waals surface area contributed by atoms with Crippen molar-refractivity contribution >= 4 is 18.3 Å². The van der Waals surface area contributed by atoms with Crippen LogP contribution in [0.4, 0.5) is 4.39 Å². The Balaban J connectivity index is 0.00000176. The monoisotopic (exact) mass is 328 g/mol. The predicted octanol–water partition coefficient (Wildman–Crippen LogP) is 2.37. The number of nitrogens with zero attached hydrogens (tertiary/aromatic N) is 1. The highest BCUT2D eigenvalue weighted by Gasteiger charge is 2.37. The van der Waals surface area contributed by atoms with Gasteiger partial charge >= 0.3 is 0 Å². The van der Waals surface area contributed by atoms with Gasteiger partial charge < -0.3 is 15.0 Å². The summed E-state index contributed by atoms with van der Waals surface area (Å²) in [4.78, 5) is 14.4. The fourth-order valence-electron chi connectivity index (χ4n) is 3.33. The minimum Gasteiger partial charge on any atom is -0.490 e. The van der Waals surface area contributed by atoms with Crippen LogP contribution in [0.25, 0.3) is 0 Å². The molecule has 22 heavy (non-hydrogen) atoms. The summed E-state index contributed by atoms with van der Waals surface area (Å²) in [5.74, 6) is -0.0441. The predicted molar refractivity (Wildman–Crippen MR) is 84.9 cm³/mol. The van der Waals surface area contributed by atoms with Gasteiger partial charge in [-0.2, -0.15) is 0 Å². The first-order valence-electron chi connectivity index (χ1n) is 7.65. The molecule has 2 bridgehead atoms. The summed E-state index contributed by atoms with van der Waals surface area (Å²) < 4.78 is 18.8. The maximum Gasteiger partial charge on any atom is 0.226 e. The lowest BCUT2D eigenvalue weighted by Gasteiger charge is -2.28. The quantitative estimate of drug-likeness (QED) is 0.922. The summed E-state index contributed by atoms with van der Waals surface area (Å²) in [7, 11) is 0. The third-order valence-electron chi connectivity index (χ3n) is 4.35. The molecule has 0 spiro atoms. The maximum absolute atomic E-state index is 13.4. The third kappa shape index (κ3) is 3.70. The number of hydrogen-bond donors (Lipinski definition) is 1. The van der Waals surface area contributed by atoms with Crippen LogP contribution in [0, 0.1) is 5.82 Å². The van der Waals surface area contributed by atoms with Gasteiger partial charge in [-0.15, -0.1) is 12.4 Å². The molecule has 0 radical (unpaired) electrons. The van der Waals surface area contributed by atoms with Crippen molar-refractivity contribution in [2.75, 3.05) is 19.7 Å². The fraction of sp³-hybridized carbons (Fsp3) is 0.562. The van der Waals surface area contributed by atoms with E-state index in [1.54, 1.807) is 18.2 Å². The summed E-state index contributed by atoms with van der Waals surface area (Å²) in [6.45, 7) is 2.09. The molecule has 2 unspecified atom stereocenters. The van der Waals surface area contributed by atoms with E-state index in [0.717, 1.165) is 32.4 Å². The molecule has 2 heterocycles. The minimum atomic E-state index is -0.385. The van der Waals surface area contributed by atoms with E-state index in [2.05, 4.69) is 5.32 Å². The largest absolute Gasteiger partial charge is 0.490 e. The molecule has 2 aliphatic heterocycles. The smallest absolute Gasteiger partial charge is 0.226 e. The van der Waals surface area contributed by atoms with E-state index in [4.69, 9.17) is 4.74 Å². The molecule has 0 aromatic heterocycles. The van der Waals surface area contributed by atoms with E-state index >= 15 is 0 Å². The standard InChI is InChI=1S/C16H21FN2O2.ClH/c17-14-3-1-2-4-15(14)21-10-8-16(20)19-12-5-6-13(19)11-18-9-7-12;/h1-4,12-13,18H,5-11H2;1H. The average molecular weight is 329 g/mol. The number of nitrogens with one attached hydrogen (secondary N) is 1. The zero-order chi connectivity index (χ0) is 14.7. The number of para-hydroxylation sites is 1. The highest BCUT2D eigenvalue weighted by Crippen LogP contribution is 2.28. The van der Waals surface area contributed by atoms with Crippen LogP contribution in [0.3, 0.4) is 0 Å². The Morgan fingerprint density at radius 1 is 1.27 bits per heavy atom. The zero-order valence-corrected chi connectivity index (χ0v) is 13.3. The van der Waals surface area contributed by atoms with Gasteiger partial charge in [0.2, 0.25) is 5.91 Å². The Bertz CT molecular complexity index is 501. The number of halogens is 2. The molecule has 2 saturated heterocycles. The van der Waals surface area contributed by atoms with Crippen molar-refractivity contribution in [3.8, 4) is 5.75 Å². The molecular weight excluding hydrogens is 307 g/mol. The van der Waals surface area contributed by atoms with Crippen LogP contribution in [-0.2, 0) is 4.79 Å². The molecule has 4 nitrogen and oxygen atoms in total. The summed E-state index contributed by atoms with van der Waals surface area (Å²) in [6.07, 6.45) is 3.52. The summed E-state index contributed by atoms with van der Waals surface area (Å²) >= 11 is 0. The second-order valence-electron chi connectivity index (χ2n) is 5.71. The van der Waals surface area contributed by atoms with Gasteiger partial charge in [0.15, 0.2) is 11.6 Å². The fourth-order valence-corrected chi connectivity index (χ4v) is 3.33. The summed E-state index contributed by atoms with van der Waals surface area (Å²) in [6, 6.07) is 6.97. The Morgan fingerprint density at radius 2 is 2.05 bits per heavy atom. The van der Waals surface area contributed by atoms with E-state index in [0.29, 0.717) is 18.5 Å². The molecule has 0 aliphatic carbocycles. The van der Waals surface area contributed by atoms with Crippen molar-refractivity contribution in [3.05, 3.63) is 30.1 Å². The third-order valence-corrected chi connectivity index (χ3v) is 4.35. The van der Waals surface area contributed by atoms with Gasteiger partial charge in [-0.25, -0.2) is 4.39 Å². The number of rotatable bonds is 4. The molecule has 1 amide bonds. The second kappa shape index (κ2) is 7.79.